The van der Waals surface area contributed by atoms with E-state index in [1.807, 2.05) is 0 Å². The Morgan fingerprint density at radius 3 is 2.43 bits per heavy atom. The van der Waals surface area contributed by atoms with Gasteiger partial charge in [-0.1, -0.05) is 54.6 Å². The largest absolute Gasteiger partial charge is 0.417 e. The number of aldehydes is 1. The summed E-state index contributed by atoms with van der Waals surface area (Å²) in [6.07, 6.45) is 1.21. The number of rotatable bonds is 4. The molecular weight excluding hydrogens is 301 g/mol. The molecule has 0 saturated heterocycles. The van der Waals surface area contributed by atoms with Gasteiger partial charge in [0.15, 0.2) is 0 Å². The molecule has 0 aliphatic heterocycles. The molecule has 2 rings (SSSR count). The summed E-state index contributed by atoms with van der Waals surface area (Å²) in [5.74, 6) is 0. The molecule has 0 bridgehead atoms. The van der Waals surface area contributed by atoms with Gasteiger partial charge < -0.3 is 0 Å². The van der Waals surface area contributed by atoms with Crippen molar-refractivity contribution in [1.29, 1.82) is 0 Å². The Kier molecular flexibility index (Phi) is 5.16. The van der Waals surface area contributed by atoms with E-state index in [1.54, 1.807) is 43.3 Å². The molecule has 23 heavy (non-hydrogen) atoms. The second-order valence-corrected chi connectivity index (χ2v) is 5.01. The van der Waals surface area contributed by atoms with Gasteiger partial charge in [0.2, 0.25) is 0 Å². The lowest BCUT2D eigenvalue weighted by molar-refractivity contribution is -0.104. The van der Waals surface area contributed by atoms with E-state index in [-0.39, 0.29) is 5.56 Å². The number of halogens is 3. The van der Waals surface area contributed by atoms with Crippen LogP contribution < -0.4 is 0 Å². The first-order valence-electron chi connectivity index (χ1n) is 6.99. The topological polar surface area (TPSA) is 17.1 Å². The Bertz CT molecular complexity index is 751. The van der Waals surface area contributed by atoms with Crippen molar-refractivity contribution in [2.45, 2.75) is 13.1 Å². The molecular formula is C19H15F3O. The number of allylic oxidation sites excluding steroid dienone is 6. The molecule has 0 heterocycles. The van der Waals surface area contributed by atoms with E-state index in [1.165, 1.54) is 24.3 Å². The van der Waals surface area contributed by atoms with Crippen LogP contribution in [0, 0.1) is 0 Å². The van der Waals surface area contributed by atoms with Gasteiger partial charge in [-0.3, -0.25) is 4.79 Å². The summed E-state index contributed by atoms with van der Waals surface area (Å²) in [4.78, 5) is 10.3. The van der Waals surface area contributed by atoms with Gasteiger partial charge in [-0.05, 0) is 41.3 Å². The van der Waals surface area contributed by atoms with Crippen LogP contribution in [0.5, 0.6) is 0 Å². The predicted molar refractivity (Wildman–Crippen MR) is 86.1 cm³/mol. The molecule has 4 heteroatoms. The van der Waals surface area contributed by atoms with Crippen molar-refractivity contribution < 1.29 is 18.0 Å². The van der Waals surface area contributed by atoms with Crippen LogP contribution in [0.25, 0.3) is 16.7 Å². The lowest BCUT2D eigenvalue weighted by Gasteiger charge is -2.11. The molecule has 0 atom stereocenters. The second kappa shape index (κ2) is 7.09. The average Bonchev–Trinajstić information content (AvgIpc) is 2.71. The number of carbonyl (C=O) groups excluding carboxylic acids is 1. The summed E-state index contributed by atoms with van der Waals surface area (Å²) >= 11 is 0. The third-order valence-electron chi connectivity index (χ3n) is 3.34. The first kappa shape index (κ1) is 16.7. The molecule has 0 radical (unpaired) electrons. The molecule has 118 valence electrons. The molecule has 0 aromatic rings. The molecule has 0 amide bonds. The highest BCUT2D eigenvalue weighted by molar-refractivity contribution is 5.86. The summed E-state index contributed by atoms with van der Waals surface area (Å²) in [5, 5.41) is 0. The van der Waals surface area contributed by atoms with E-state index in [0.717, 1.165) is 11.6 Å². The van der Waals surface area contributed by atoms with Crippen LogP contribution in [0.2, 0.25) is 0 Å². The lowest BCUT2D eigenvalue weighted by Crippen LogP contribution is -2.10. The van der Waals surface area contributed by atoms with Crippen molar-refractivity contribution in [1.82, 2.24) is 0 Å². The van der Waals surface area contributed by atoms with Gasteiger partial charge >= 0.3 is 6.18 Å². The number of alkyl halides is 3. The molecule has 2 aliphatic rings. The van der Waals surface area contributed by atoms with Crippen molar-refractivity contribution in [2.24, 2.45) is 0 Å². The summed E-state index contributed by atoms with van der Waals surface area (Å²) in [7, 11) is 0. The van der Waals surface area contributed by atoms with E-state index in [9.17, 15) is 18.0 Å². The van der Waals surface area contributed by atoms with Crippen LogP contribution >= 0.6 is 0 Å². The lowest BCUT2D eigenvalue weighted by atomic mass is 10.0. The smallest absolute Gasteiger partial charge is 0.299 e. The van der Waals surface area contributed by atoms with Gasteiger partial charge in [0.25, 0.3) is 0 Å². The van der Waals surface area contributed by atoms with Crippen molar-refractivity contribution >= 4 is 11.9 Å². The molecule has 1 nitrogen and oxygen atoms in total. The van der Waals surface area contributed by atoms with E-state index in [0.29, 0.717) is 17.4 Å². The summed E-state index contributed by atoms with van der Waals surface area (Å²) in [6.45, 7) is 1.64. The Labute approximate surface area is 132 Å². The van der Waals surface area contributed by atoms with Gasteiger partial charge in [-0.25, -0.2) is 0 Å². The fourth-order valence-corrected chi connectivity index (χ4v) is 2.25. The fourth-order valence-electron chi connectivity index (χ4n) is 2.25. The molecule has 0 spiro atoms. The predicted octanol–water partition coefficient (Wildman–Crippen LogP) is 5.44. The maximum absolute atomic E-state index is 13.4. The average molecular weight is 316 g/mol. The first-order chi connectivity index (χ1) is 10.9. The highest BCUT2D eigenvalue weighted by Crippen LogP contribution is 2.40. The minimum absolute atomic E-state index is 0.144. The molecule has 0 fully saturated rings. The third kappa shape index (κ3) is 4.19. The van der Waals surface area contributed by atoms with Crippen LogP contribution in [-0.2, 0) is 4.79 Å². The van der Waals surface area contributed by atoms with E-state index in [2.05, 4.69) is 0 Å². The Morgan fingerprint density at radius 1 is 1.00 bits per heavy atom. The Hall–Kier alpha value is -2.62. The quantitative estimate of drug-likeness (QED) is 0.417. The number of carbonyl (C=O) groups is 1. The van der Waals surface area contributed by atoms with Gasteiger partial charge in [0.05, 0.1) is 5.57 Å². The van der Waals surface area contributed by atoms with Gasteiger partial charge in [-0.15, -0.1) is 0 Å². The number of hydrogen-bond donors (Lipinski definition) is 0. The zero-order chi connectivity index (χ0) is 16.9. The second-order valence-electron chi connectivity index (χ2n) is 5.01. The van der Waals surface area contributed by atoms with Crippen molar-refractivity contribution in [3.63, 3.8) is 0 Å². The van der Waals surface area contributed by atoms with E-state index < -0.39 is 11.7 Å². The number of fused-ring (bicyclic) bond motifs is 1. The minimum atomic E-state index is -4.47. The standard InChI is InChI=1S/C19H15F3O/c1-14(12-13-23)6-5-9-18(19(20,21)22)17-11-10-15-7-3-2-4-8-16(15)17/h2-13H,1H3. The van der Waals surface area contributed by atoms with E-state index >= 15 is 0 Å². The zero-order valence-corrected chi connectivity index (χ0v) is 12.5. The molecule has 0 saturated carbocycles. The summed E-state index contributed by atoms with van der Waals surface area (Å²) in [6, 6.07) is 11.9. The van der Waals surface area contributed by atoms with Crippen molar-refractivity contribution in [3.8, 4) is 11.1 Å². The van der Waals surface area contributed by atoms with Gasteiger partial charge in [0, 0.05) is 0 Å². The molecule has 0 unspecified atom stereocenters. The maximum Gasteiger partial charge on any atom is 0.417 e. The summed E-state index contributed by atoms with van der Waals surface area (Å²) < 4.78 is 40.2. The first-order valence-corrected chi connectivity index (χ1v) is 6.99. The monoisotopic (exact) mass is 316 g/mol. The van der Waals surface area contributed by atoms with Crippen LogP contribution in [0.1, 0.15) is 12.5 Å². The van der Waals surface area contributed by atoms with Gasteiger partial charge in [0.1, 0.15) is 6.29 Å². The molecule has 0 N–H and O–H groups in total. The van der Waals surface area contributed by atoms with Crippen LogP contribution in [0.15, 0.2) is 72.3 Å². The molecule has 0 aromatic carbocycles. The maximum atomic E-state index is 13.4. The van der Waals surface area contributed by atoms with Crippen LogP contribution in [-0.4, -0.2) is 12.5 Å². The zero-order valence-electron chi connectivity index (χ0n) is 12.5. The van der Waals surface area contributed by atoms with Gasteiger partial charge in [-0.2, -0.15) is 13.2 Å². The minimum Gasteiger partial charge on any atom is -0.299 e. The molecule has 0 aromatic heterocycles. The van der Waals surface area contributed by atoms with Crippen LogP contribution in [0.3, 0.4) is 0 Å². The highest BCUT2D eigenvalue weighted by atomic mass is 19.4. The molecule has 2 aliphatic carbocycles. The van der Waals surface area contributed by atoms with Crippen molar-refractivity contribution in [2.75, 3.05) is 0 Å². The SMILES string of the molecule is CC(C=CC=C(c1ccc2cccccc1-2)C(F)(F)F)=CC=O. The fraction of sp³-hybridized carbons (Fsp3) is 0.105. The normalized spacial score (nSPS) is 13.7. The Morgan fingerprint density at radius 2 is 1.74 bits per heavy atom. The highest BCUT2D eigenvalue weighted by Gasteiger charge is 2.35. The summed E-state index contributed by atoms with van der Waals surface area (Å²) in [5.41, 5.74) is 1.31. The van der Waals surface area contributed by atoms with E-state index in [4.69, 9.17) is 0 Å². The third-order valence-corrected chi connectivity index (χ3v) is 3.34. The van der Waals surface area contributed by atoms with Crippen molar-refractivity contribution in [3.05, 3.63) is 77.9 Å². The Balaban J connectivity index is 2.48. The number of hydrogen-bond acceptors (Lipinski definition) is 1. The van der Waals surface area contributed by atoms with Crippen LogP contribution in [0.4, 0.5) is 13.2 Å².